The second-order valence-corrected chi connectivity index (χ2v) is 5.93. The molecule has 2 atom stereocenters. The van der Waals surface area contributed by atoms with Gasteiger partial charge in [-0.1, -0.05) is 33.8 Å². The molecule has 0 fully saturated rings. The van der Waals surface area contributed by atoms with Gasteiger partial charge < -0.3 is 14.8 Å². The molecule has 0 aliphatic heterocycles. The van der Waals surface area contributed by atoms with Gasteiger partial charge in [0.2, 0.25) is 0 Å². The van der Waals surface area contributed by atoms with Gasteiger partial charge >= 0.3 is 0 Å². The van der Waals surface area contributed by atoms with E-state index >= 15 is 0 Å². The van der Waals surface area contributed by atoms with Gasteiger partial charge in [0, 0.05) is 6.07 Å². The molecule has 20 heavy (non-hydrogen) atoms. The molecule has 0 radical (unpaired) electrons. The molecule has 1 rings (SSSR count). The van der Waals surface area contributed by atoms with Crippen LogP contribution in [0.25, 0.3) is 0 Å². The second kappa shape index (κ2) is 8.15. The van der Waals surface area contributed by atoms with E-state index in [1.54, 1.807) is 14.2 Å². The van der Waals surface area contributed by atoms with E-state index in [0.29, 0.717) is 17.8 Å². The summed E-state index contributed by atoms with van der Waals surface area (Å²) in [4.78, 5) is 0. The second-order valence-electron chi connectivity index (χ2n) is 5.93. The minimum atomic E-state index is 0.440. The van der Waals surface area contributed by atoms with Gasteiger partial charge in [0.25, 0.3) is 0 Å². The van der Waals surface area contributed by atoms with Crippen molar-refractivity contribution >= 4 is 0 Å². The van der Waals surface area contributed by atoms with Crippen LogP contribution in [0.4, 0.5) is 0 Å². The molecule has 0 spiro atoms. The summed E-state index contributed by atoms with van der Waals surface area (Å²) in [5, 5.41) is 3.53. The predicted molar refractivity (Wildman–Crippen MR) is 84.8 cm³/mol. The van der Waals surface area contributed by atoms with Crippen molar-refractivity contribution in [2.75, 3.05) is 27.3 Å². The number of rotatable bonds is 8. The number of hydrogen-bond donors (Lipinski definition) is 1. The minimum Gasteiger partial charge on any atom is -0.497 e. The van der Waals surface area contributed by atoms with Crippen LogP contribution in [-0.2, 0) is 0 Å². The van der Waals surface area contributed by atoms with Gasteiger partial charge in [-0.15, -0.1) is 0 Å². The molecule has 0 aromatic heterocycles. The van der Waals surface area contributed by atoms with Crippen molar-refractivity contribution in [1.29, 1.82) is 0 Å². The fourth-order valence-corrected chi connectivity index (χ4v) is 2.28. The Bertz CT molecular complexity index is 404. The molecule has 0 aliphatic carbocycles. The zero-order chi connectivity index (χ0) is 15.1. The first-order valence-electron chi connectivity index (χ1n) is 7.42. The molecule has 3 heteroatoms. The van der Waals surface area contributed by atoms with Gasteiger partial charge in [-0.3, -0.25) is 0 Å². The summed E-state index contributed by atoms with van der Waals surface area (Å²) < 4.78 is 10.8. The topological polar surface area (TPSA) is 30.5 Å². The zero-order valence-electron chi connectivity index (χ0n) is 13.7. The maximum Gasteiger partial charge on any atom is 0.126 e. The average Bonchev–Trinajstić information content (AvgIpc) is 2.45. The lowest BCUT2D eigenvalue weighted by molar-refractivity contribution is 0.376. The van der Waals surface area contributed by atoms with Crippen molar-refractivity contribution in [2.45, 2.75) is 33.6 Å². The highest BCUT2D eigenvalue weighted by molar-refractivity contribution is 5.42. The van der Waals surface area contributed by atoms with E-state index < -0.39 is 0 Å². The number of nitrogens with one attached hydrogen (secondary N) is 1. The molecule has 1 aromatic carbocycles. The predicted octanol–water partition coefficient (Wildman–Crippen LogP) is 3.69. The van der Waals surface area contributed by atoms with E-state index in [-0.39, 0.29) is 0 Å². The smallest absolute Gasteiger partial charge is 0.126 e. The maximum atomic E-state index is 5.50. The summed E-state index contributed by atoms with van der Waals surface area (Å²) in [5.74, 6) is 3.43. The lowest BCUT2D eigenvalue weighted by atomic mass is 9.88. The van der Waals surface area contributed by atoms with E-state index in [1.807, 2.05) is 12.1 Å². The molecule has 0 aliphatic rings. The molecule has 1 aromatic rings. The Morgan fingerprint density at radius 1 is 1.00 bits per heavy atom. The molecule has 0 heterocycles. The van der Waals surface area contributed by atoms with Gasteiger partial charge in [-0.2, -0.15) is 0 Å². The molecule has 0 bridgehead atoms. The summed E-state index contributed by atoms with van der Waals surface area (Å²) in [7, 11) is 3.39. The normalized spacial score (nSPS) is 14.2. The summed E-state index contributed by atoms with van der Waals surface area (Å²) in [6, 6.07) is 6.07. The fraction of sp³-hybridized carbons (Fsp3) is 0.647. The van der Waals surface area contributed by atoms with Crippen molar-refractivity contribution in [3.05, 3.63) is 23.8 Å². The average molecular weight is 279 g/mol. The first kappa shape index (κ1) is 16.8. The van der Waals surface area contributed by atoms with Crippen LogP contribution in [0.2, 0.25) is 0 Å². The number of methoxy groups -OCH3 is 2. The molecule has 0 amide bonds. The van der Waals surface area contributed by atoms with E-state index in [1.165, 1.54) is 5.56 Å². The van der Waals surface area contributed by atoms with Gasteiger partial charge in [0.1, 0.15) is 11.5 Å². The third-order valence-corrected chi connectivity index (χ3v) is 3.80. The summed E-state index contributed by atoms with van der Waals surface area (Å²) >= 11 is 0. The van der Waals surface area contributed by atoms with Crippen molar-refractivity contribution < 1.29 is 9.47 Å². The highest BCUT2D eigenvalue weighted by Gasteiger charge is 2.18. The fourth-order valence-electron chi connectivity index (χ4n) is 2.28. The van der Waals surface area contributed by atoms with Crippen LogP contribution in [-0.4, -0.2) is 27.3 Å². The van der Waals surface area contributed by atoms with Crippen molar-refractivity contribution in [3.63, 3.8) is 0 Å². The van der Waals surface area contributed by atoms with Gasteiger partial charge in [-0.05, 0) is 42.5 Å². The largest absolute Gasteiger partial charge is 0.497 e. The van der Waals surface area contributed by atoms with Crippen molar-refractivity contribution in [1.82, 2.24) is 5.32 Å². The Balaban J connectivity index is 2.72. The van der Waals surface area contributed by atoms with Crippen LogP contribution in [0, 0.1) is 11.8 Å². The number of benzene rings is 1. The third kappa shape index (κ3) is 4.71. The van der Waals surface area contributed by atoms with Crippen LogP contribution < -0.4 is 14.8 Å². The highest BCUT2D eigenvalue weighted by atomic mass is 16.5. The Labute approximate surface area is 123 Å². The maximum absolute atomic E-state index is 5.50. The van der Waals surface area contributed by atoms with E-state index in [2.05, 4.69) is 39.1 Å². The SMILES string of the molecule is COc1ccc(C(C)C(C)CNCC(C)C)c(OC)c1. The first-order chi connectivity index (χ1) is 9.49. The molecule has 114 valence electrons. The Morgan fingerprint density at radius 3 is 2.25 bits per heavy atom. The molecular formula is C17H29NO2. The van der Waals surface area contributed by atoms with E-state index in [4.69, 9.17) is 9.47 Å². The Morgan fingerprint density at radius 2 is 1.70 bits per heavy atom. The van der Waals surface area contributed by atoms with Crippen LogP contribution in [0.5, 0.6) is 11.5 Å². The number of ether oxygens (including phenoxy) is 2. The van der Waals surface area contributed by atoms with Gasteiger partial charge in [-0.25, -0.2) is 0 Å². The van der Waals surface area contributed by atoms with E-state index in [9.17, 15) is 0 Å². The summed E-state index contributed by atoms with van der Waals surface area (Å²) in [6.07, 6.45) is 0. The third-order valence-electron chi connectivity index (χ3n) is 3.80. The molecule has 3 nitrogen and oxygen atoms in total. The van der Waals surface area contributed by atoms with Gasteiger partial charge in [0.05, 0.1) is 14.2 Å². The van der Waals surface area contributed by atoms with Crippen molar-refractivity contribution in [2.24, 2.45) is 11.8 Å². The zero-order valence-corrected chi connectivity index (χ0v) is 13.7. The monoisotopic (exact) mass is 279 g/mol. The lowest BCUT2D eigenvalue weighted by Crippen LogP contribution is -2.27. The number of hydrogen-bond acceptors (Lipinski definition) is 3. The molecule has 0 saturated carbocycles. The first-order valence-corrected chi connectivity index (χ1v) is 7.42. The minimum absolute atomic E-state index is 0.440. The van der Waals surface area contributed by atoms with E-state index in [0.717, 1.165) is 24.6 Å². The highest BCUT2D eigenvalue weighted by Crippen LogP contribution is 2.34. The Kier molecular flexibility index (Phi) is 6.86. The van der Waals surface area contributed by atoms with Crippen LogP contribution in [0.3, 0.4) is 0 Å². The standard InChI is InChI=1S/C17H29NO2/c1-12(2)10-18-11-13(3)14(4)16-8-7-15(19-5)9-17(16)20-6/h7-9,12-14,18H,10-11H2,1-6H3. The molecular weight excluding hydrogens is 250 g/mol. The van der Waals surface area contributed by atoms with Crippen LogP contribution >= 0.6 is 0 Å². The van der Waals surface area contributed by atoms with Crippen molar-refractivity contribution in [3.8, 4) is 11.5 Å². The quantitative estimate of drug-likeness (QED) is 0.787. The summed E-state index contributed by atoms with van der Waals surface area (Å²) in [6.45, 7) is 11.1. The lowest BCUT2D eigenvalue weighted by Gasteiger charge is -2.23. The summed E-state index contributed by atoms with van der Waals surface area (Å²) in [5.41, 5.74) is 1.24. The Hall–Kier alpha value is -1.22. The molecule has 1 N–H and O–H groups in total. The molecule has 2 unspecified atom stereocenters. The van der Waals surface area contributed by atoms with Crippen LogP contribution in [0.1, 0.15) is 39.2 Å². The van der Waals surface area contributed by atoms with Crippen LogP contribution in [0.15, 0.2) is 18.2 Å². The molecule has 0 saturated heterocycles. The van der Waals surface area contributed by atoms with Gasteiger partial charge in [0.15, 0.2) is 0 Å².